The molecule has 1 heterocycles. The number of nitrogens with zero attached hydrogens (tertiary/aromatic N) is 1. The van der Waals surface area contributed by atoms with Crippen LogP contribution in [0.1, 0.15) is 32.6 Å². The van der Waals surface area contributed by atoms with E-state index in [0.29, 0.717) is 10.7 Å². The van der Waals surface area contributed by atoms with Crippen molar-refractivity contribution >= 4 is 23.1 Å². The van der Waals surface area contributed by atoms with Gasteiger partial charge in [0.2, 0.25) is 0 Å². The van der Waals surface area contributed by atoms with E-state index in [0.717, 1.165) is 5.82 Å². The van der Waals surface area contributed by atoms with Gasteiger partial charge in [0.25, 0.3) is 0 Å². The molecular formula is C11H16ClN3. The minimum absolute atomic E-state index is 0.148. The fraction of sp³-hybridized carbons (Fsp3) is 0.545. The van der Waals surface area contributed by atoms with Gasteiger partial charge in [-0.1, -0.05) is 24.4 Å². The Labute approximate surface area is 95.0 Å². The zero-order chi connectivity index (χ0) is 10.9. The van der Waals surface area contributed by atoms with Crippen molar-refractivity contribution < 1.29 is 0 Å². The molecule has 15 heavy (non-hydrogen) atoms. The molecule has 0 spiro atoms. The van der Waals surface area contributed by atoms with Crippen molar-refractivity contribution in [1.82, 2.24) is 4.98 Å². The van der Waals surface area contributed by atoms with E-state index in [1.807, 2.05) is 0 Å². The van der Waals surface area contributed by atoms with Gasteiger partial charge in [-0.15, -0.1) is 0 Å². The third-order valence-electron chi connectivity index (χ3n) is 3.01. The van der Waals surface area contributed by atoms with Gasteiger partial charge in [-0.2, -0.15) is 0 Å². The summed E-state index contributed by atoms with van der Waals surface area (Å²) < 4.78 is 0. The van der Waals surface area contributed by atoms with E-state index in [9.17, 15) is 0 Å². The van der Waals surface area contributed by atoms with Gasteiger partial charge in [-0.3, -0.25) is 0 Å². The number of hydrogen-bond donors (Lipinski definition) is 2. The molecule has 82 valence electrons. The van der Waals surface area contributed by atoms with Crippen molar-refractivity contribution in [3.63, 3.8) is 0 Å². The molecule has 0 aliphatic heterocycles. The van der Waals surface area contributed by atoms with Crippen LogP contribution < -0.4 is 11.1 Å². The number of halogens is 1. The Morgan fingerprint density at radius 3 is 2.73 bits per heavy atom. The fourth-order valence-electron chi connectivity index (χ4n) is 2.13. The molecule has 1 aliphatic rings. The minimum Gasteiger partial charge on any atom is -0.396 e. The second-order valence-electron chi connectivity index (χ2n) is 4.48. The van der Waals surface area contributed by atoms with Crippen LogP contribution in [0.3, 0.4) is 0 Å². The summed E-state index contributed by atoms with van der Waals surface area (Å²) in [5, 5.41) is 4.00. The van der Waals surface area contributed by atoms with Crippen LogP contribution in [0.2, 0.25) is 5.02 Å². The summed E-state index contributed by atoms with van der Waals surface area (Å²) in [6.45, 7) is 2.22. The van der Waals surface area contributed by atoms with E-state index in [1.165, 1.54) is 25.7 Å². The molecule has 0 bridgehead atoms. The molecular weight excluding hydrogens is 210 g/mol. The van der Waals surface area contributed by atoms with E-state index >= 15 is 0 Å². The Balaban J connectivity index is 2.16. The first kappa shape index (κ1) is 10.6. The zero-order valence-electron chi connectivity index (χ0n) is 8.89. The highest BCUT2D eigenvalue weighted by Gasteiger charge is 2.29. The molecule has 0 aromatic carbocycles. The van der Waals surface area contributed by atoms with Gasteiger partial charge in [0.1, 0.15) is 5.82 Å². The van der Waals surface area contributed by atoms with Crippen molar-refractivity contribution in [2.75, 3.05) is 11.1 Å². The van der Waals surface area contributed by atoms with Crippen LogP contribution in [0.25, 0.3) is 0 Å². The summed E-state index contributed by atoms with van der Waals surface area (Å²) in [4.78, 5) is 4.22. The average Bonchev–Trinajstić information content (AvgIpc) is 2.58. The Bertz CT molecular complexity index is 359. The average molecular weight is 226 g/mol. The molecule has 0 unspecified atom stereocenters. The van der Waals surface area contributed by atoms with Gasteiger partial charge in [0.15, 0.2) is 0 Å². The van der Waals surface area contributed by atoms with Crippen LogP contribution in [0.5, 0.6) is 0 Å². The number of aromatic nitrogens is 1. The molecule has 0 radical (unpaired) electrons. The van der Waals surface area contributed by atoms with Gasteiger partial charge < -0.3 is 11.1 Å². The van der Waals surface area contributed by atoms with Gasteiger partial charge in [0.05, 0.1) is 10.7 Å². The first-order valence-electron chi connectivity index (χ1n) is 5.28. The molecule has 1 aromatic heterocycles. The topological polar surface area (TPSA) is 50.9 Å². The van der Waals surface area contributed by atoms with Crippen molar-refractivity contribution in [3.05, 3.63) is 17.3 Å². The quantitative estimate of drug-likeness (QED) is 0.814. The van der Waals surface area contributed by atoms with E-state index in [2.05, 4.69) is 17.2 Å². The maximum absolute atomic E-state index is 5.85. The summed E-state index contributed by atoms with van der Waals surface area (Å²) in [6.07, 6.45) is 6.53. The molecule has 0 amide bonds. The molecule has 1 aromatic rings. The largest absolute Gasteiger partial charge is 0.396 e. The summed E-state index contributed by atoms with van der Waals surface area (Å²) in [5.41, 5.74) is 6.62. The third-order valence-corrected chi connectivity index (χ3v) is 3.22. The lowest BCUT2D eigenvalue weighted by atomic mass is 10.0. The predicted octanol–water partition coefficient (Wildman–Crippen LogP) is 3.06. The molecule has 3 N–H and O–H groups in total. The summed E-state index contributed by atoms with van der Waals surface area (Å²) in [5.74, 6) is 0.754. The summed E-state index contributed by atoms with van der Waals surface area (Å²) >= 11 is 5.80. The lowest BCUT2D eigenvalue weighted by molar-refractivity contribution is 0.531. The number of hydrogen-bond acceptors (Lipinski definition) is 3. The summed E-state index contributed by atoms with van der Waals surface area (Å²) in [7, 11) is 0. The molecule has 3 nitrogen and oxygen atoms in total. The molecule has 1 aliphatic carbocycles. The van der Waals surface area contributed by atoms with E-state index < -0.39 is 0 Å². The lowest BCUT2D eigenvalue weighted by Gasteiger charge is -2.26. The second kappa shape index (κ2) is 3.89. The third kappa shape index (κ3) is 2.34. The Hall–Kier alpha value is -0.960. The van der Waals surface area contributed by atoms with Gasteiger partial charge in [-0.25, -0.2) is 4.98 Å². The van der Waals surface area contributed by atoms with Crippen molar-refractivity contribution in [1.29, 1.82) is 0 Å². The van der Waals surface area contributed by atoms with Crippen LogP contribution in [0.4, 0.5) is 11.5 Å². The molecule has 2 rings (SSSR count). The van der Waals surface area contributed by atoms with Crippen molar-refractivity contribution in [3.8, 4) is 0 Å². The molecule has 1 fully saturated rings. The highest BCUT2D eigenvalue weighted by atomic mass is 35.5. The number of rotatable bonds is 2. The van der Waals surface area contributed by atoms with Crippen LogP contribution in [-0.4, -0.2) is 10.5 Å². The van der Waals surface area contributed by atoms with Crippen molar-refractivity contribution in [2.24, 2.45) is 0 Å². The number of anilines is 2. The first-order valence-corrected chi connectivity index (χ1v) is 5.66. The highest BCUT2D eigenvalue weighted by molar-refractivity contribution is 6.30. The normalized spacial score (nSPS) is 19.1. The molecule has 0 saturated heterocycles. The van der Waals surface area contributed by atoms with Crippen LogP contribution in [0, 0.1) is 0 Å². The van der Waals surface area contributed by atoms with Gasteiger partial charge in [0, 0.05) is 11.7 Å². The molecule has 1 saturated carbocycles. The van der Waals surface area contributed by atoms with Crippen LogP contribution in [0.15, 0.2) is 12.3 Å². The van der Waals surface area contributed by atoms with Crippen molar-refractivity contribution in [2.45, 2.75) is 38.1 Å². The predicted molar refractivity (Wildman–Crippen MR) is 64.2 cm³/mol. The SMILES string of the molecule is CC1(Nc2ncc(Cl)cc2N)CCCC1. The maximum atomic E-state index is 5.85. The molecule has 0 atom stereocenters. The standard InChI is InChI=1S/C11H16ClN3/c1-11(4-2-3-5-11)15-10-9(13)6-8(12)7-14-10/h6-7H,2-5,13H2,1H3,(H,14,15). The smallest absolute Gasteiger partial charge is 0.149 e. The zero-order valence-corrected chi connectivity index (χ0v) is 9.64. The van der Waals surface area contributed by atoms with E-state index in [-0.39, 0.29) is 5.54 Å². The number of pyridine rings is 1. The number of nitrogen functional groups attached to an aromatic ring is 1. The second-order valence-corrected chi connectivity index (χ2v) is 4.92. The van der Waals surface area contributed by atoms with Gasteiger partial charge >= 0.3 is 0 Å². The van der Waals surface area contributed by atoms with Gasteiger partial charge in [-0.05, 0) is 25.8 Å². The fourth-order valence-corrected chi connectivity index (χ4v) is 2.29. The molecule has 4 heteroatoms. The Morgan fingerprint density at radius 1 is 1.47 bits per heavy atom. The van der Waals surface area contributed by atoms with E-state index in [1.54, 1.807) is 12.3 Å². The highest BCUT2D eigenvalue weighted by Crippen LogP contribution is 2.33. The first-order chi connectivity index (χ1) is 7.09. The van der Waals surface area contributed by atoms with Crippen LogP contribution in [-0.2, 0) is 0 Å². The Morgan fingerprint density at radius 2 is 2.13 bits per heavy atom. The summed E-state index contributed by atoms with van der Waals surface area (Å²) in [6, 6.07) is 1.73. The van der Waals surface area contributed by atoms with E-state index in [4.69, 9.17) is 17.3 Å². The number of nitrogens with two attached hydrogens (primary N) is 1. The minimum atomic E-state index is 0.148. The monoisotopic (exact) mass is 225 g/mol. The van der Waals surface area contributed by atoms with Crippen LogP contribution >= 0.6 is 11.6 Å². The lowest BCUT2D eigenvalue weighted by Crippen LogP contribution is -2.31. The Kier molecular flexibility index (Phi) is 2.74. The number of nitrogens with one attached hydrogen (secondary N) is 1. The maximum Gasteiger partial charge on any atom is 0.149 e.